The predicted molar refractivity (Wildman–Crippen MR) is 65.6 cm³/mol. The lowest BCUT2D eigenvalue weighted by molar-refractivity contribution is -0.138. The molecular weight excluding hydrogens is 255 g/mol. The van der Waals surface area contributed by atoms with Gasteiger partial charge < -0.3 is 5.32 Å². The summed E-state index contributed by atoms with van der Waals surface area (Å²) in [6.45, 7) is 3.52. The number of carbonyl (C=O) groups excluding carboxylic acids is 1. The maximum absolute atomic E-state index is 12.9. The second-order valence-corrected chi connectivity index (χ2v) is 5.20. The van der Waals surface area contributed by atoms with E-state index in [0.717, 1.165) is 6.07 Å². The average Bonchev–Trinajstić information content (AvgIpc) is 3.07. The first-order chi connectivity index (χ1) is 8.80. The minimum absolute atomic E-state index is 0.114. The number of hydrogen-bond donors (Lipinski definition) is 1. The summed E-state index contributed by atoms with van der Waals surface area (Å²) in [4.78, 5) is 11.5. The molecule has 0 spiro atoms. The van der Waals surface area contributed by atoms with Gasteiger partial charge >= 0.3 is 6.18 Å². The number of nitrogens with one attached hydrogen (secondary N) is 1. The lowest BCUT2D eigenvalue weighted by atomic mass is 10.0. The largest absolute Gasteiger partial charge is 0.416 e. The second kappa shape index (κ2) is 4.87. The summed E-state index contributed by atoms with van der Waals surface area (Å²) in [6, 6.07) is 5.41. The number of hydrogen-bond acceptors (Lipinski definition) is 1. The van der Waals surface area contributed by atoms with Crippen LogP contribution >= 0.6 is 0 Å². The maximum Gasteiger partial charge on any atom is 0.416 e. The van der Waals surface area contributed by atoms with Gasteiger partial charge in [0, 0.05) is 17.9 Å². The van der Waals surface area contributed by atoms with Crippen molar-refractivity contribution in [2.24, 2.45) is 5.92 Å². The predicted octanol–water partition coefficient (Wildman–Crippen LogP) is 3.33. The summed E-state index contributed by atoms with van der Waals surface area (Å²) in [5, 5.41) is 2.77. The second-order valence-electron chi connectivity index (χ2n) is 5.20. The van der Waals surface area contributed by atoms with Gasteiger partial charge in [0.15, 0.2) is 0 Å². The van der Waals surface area contributed by atoms with Crippen LogP contribution in [-0.2, 0) is 11.0 Å². The Kier molecular flexibility index (Phi) is 3.56. The molecule has 0 aromatic heterocycles. The smallest absolute Gasteiger partial charge is 0.353 e. The van der Waals surface area contributed by atoms with Crippen LogP contribution in [0.3, 0.4) is 0 Å². The van der Waals surface area contributed by atoms with E-state index in [9.17, 15) is 18.0 Å². The van der Waals surface area contributed by atoms with Gasteiger partial charge in [0.1, 0.15) is 0 Å². The average molecular weight is 271 g/mol. The molecule has 0 aliphatic heterocycles. The number of amides is 1. The number of alkyl halides is 3. The highest BCUT2D eigenvalue weighted by Crippen LogP contribution is 2.46. The third-order valence-corrected chi connectivity index (χ3v) is 3.31. The number of carbonyl (C=O) groups is 1. The van der Waals surface area contributed by atoms with Crippen LogP contribution in [0.1, 0.15) is 37.3 Å². The Balaban J connectivity index is 2.12. The third kappa shape index (κ3) is 3.08. The number of rotatable bonds is 3. The molecule has 0 saturated heterocycles. The third-order valence-electron chi connectivity index (χ3n) is 3.31. The summed E-state index contributed by atoms with van der Waals surface area (Å²) < 4.78 is 38.6. The number of halogens is 3. The Morgan fingerprint density at radius 3 is 2.53 bits per heavy atom. The molecule has 0 radical (unpaired) electrons. The molecule has 104 valence electrons. The lowest BCUT2D eigenvalue weighted by Crippen LogP contribution is -2.30. The zero-order chi connectivity index (χ0) is 14.2. The molecule has 1 aliphatic rings. The maximum atomic E-state index is 12.9. The molecule has 0 heterocycles. The number of benzene rings is 1. The van der Waals surface area contributed by atoms with Crippen molar-refractivity contribution < 1.29 is 18.0 Å². The minimum atomic E-state index is -4.34. The van der Waals surface area contributed by atoms with Gasteiger partial charge in [-0.25, -0.2) is 0 Å². The Bertz CT molecular complexity index is 482. The van der Waals surface area contributed by atoms with Gasteiger partial charge in [-0.2, -0.15) is 13.2 Å². The topological polar surface area (TPSA) is 29.1 Å². The summed E-state index contributed by atoms with van der Waals surface area (Å²) in [6.07, 6.45) is -3.77. The molecule has 1 aromatic carbocycles. The Labute approximate surface area is 110 Å². The summed E-state index contributed by atoms with van der Waals surface area (Å²) in [5.41, 5.74) is -0.314. The van der Waals surface area contributed by atoms with Crippen LogP contribution < -0.4 is 5.32 Å². The Morgan fingerprint density at radius 2 is 1.95 bits per heavy atom. The molecular formula is C14H16F3NO. The van der Waals surface area contributed by atoms with E-state index < -0.39 is 11.7 Å². The van der Waals surface area contributed by atoms with Crippen molar-refractivity contribution in [3.63, 3.8) is 0 Å². The van der Waals surface area contributed by atoms with Gasteiger partial charge in [-0.15, -0.1) is 0 Å². The van der Waals surface area contributed by atoms with E-state index in [2.05, 4.69) is 5.32 Å². The Morgan fingerprint density at radius 1 is 1.32 bits per heavy atom. The zero-order valence-electron chi connectivity index (χ0n) is 10.8. The van der Waals surface area contributed by atoms with Gasteiger partial charge in [0.05, 0.1) is 5.56 Å². The van der Waals surface area contributed by atoms with Crippen LogP contribution in [0.25, 0.3) is 0 Å². The van der Waals surface area contributed by atoms with Crippen LogP contribution in [0.2, 0.25) is 0 Å². The summed E-state index contributed by atoms with van der Waals surface area (Å²) in [7, 11) is 0. The fraction of sp³-hybridized carbons (Fsp3) is 0.500. The molecule has 1 fully saturated rings. The fourth-order valence-corrected chi connectivity index (χ4v) is 2.13. The standard InChI is InChI=1S/C14H16F3NO/c1-8(2)13(19)18-12-7-10(12)9-5-3-4-6-11(9)14(15,16)17/h3-6,8,10,12H,7H2,1-2H3,(H,18,19)/t10-,12+/m1/s1. The lowest BCUT2D eigenvalue weighted by Gasteiger charge is -2.13. The molecule has 19 heavy (non-hydrogen) atoms. The van der Waals surface area contributed by atoms with Gasteiger partial charge in [0.2, 0.25) is 5.91 Å². The highest BCUT2D eigenvalue weighted by atomic mass is 19.4. The van der Waals surface area contributed by atoms with Gasteiger partial charge in [-0.1, -0.05) is 32.0 Å². The molecule has 1 saturated carbocycles. The monoisotopic (exact) mass is 271 g/mol. The van der Waals surface area contributed by atoms with Gasteiger partial charge in [-0.3, -0.25) is 4.79 Å². The van der Waals surface area contributed by atoms with Crippen LogP contribution in [0.15, 0.2) is 24.3 Å². The van der Waals surface area contributed by atoms with E-state index >= 15 is 0 Å². The van der Waals surface area contributed by atoms with Crippen molar-refractivity contribution in [3.8, 4) is 0 Å². The molecule has 2 atom stereocenters. The normalized spacial score (nSPS) is 22.4. The van der Waals surface area contributed by atoms with Crippen molar-refractivity contribution in [2.45, 2.75) is 38.4 Å². The molecule has 2 rings (SSSR count). The van der Waals surface area contributed by atoms with Gasteiger partial charge in [0.25, 0.3) is 0 Å². The van der Waals surface area contributed by atoms with Crippen molar-refractivity contribution >= 4 is 5.91 Å². The van der Waals surface area contributed by atoms with E-state index in [1.54, 1.807) is 19.9 Å². The van der Waals surface area contributed by atoms with Crippen LogP contribution in [0.5, 0.6) is 0 Å². The quantitative estimate of drug-likeness (QED) is 0.897. The van der Waals surface area contributed by atoms with E-state index in [-0.39, 0.29) is 29.3 Å². The van der Waals surface area contributed by atoms with Crippen molar-refractivity contribution in [2.75, 3.05) is 0 Å². The minimum Gasteiger partial charge on any atom is -0.353 e. The molecule has 1 aromatic rings. The molecule has 2 nitrogen and oxygen atoms in total. The first-order valence-corrected chi connectivity index (χ1v) is 6.27. The van der Waals surface area contributed by atoms with Crippen LogP contribution in [-0.4, -0.2) is 11.9 Å². The summed E-state index contributed by atoms with van der Waals surface area (Å²) >= 11 is 0. The van der Waals surface area contributed by atoms with Crippen LogP contribution in [0, 0.1) is 5.92 Å². The van der Waals surface area contributed by atoms with E-state index in [4.69, 9.17) is 0 Å². The summed E-state index contributed by atoms with van der Waals surface area (Å²) in [5.74, 6) is -0.489. The fourth-order valence-electron chi connectivity index (χ4n) is 2.13. The molecule has 1 amide bonds. The molecule has 0 bridgehead atoms. The first kappa shape index (κ1) is 13.9. The SMILES string of the molecule is CC(C)C(=O)N[C@H]1C[C@@H]1c1ccccc1C(F)(F)F. The van der Waals surface area contributed by atoms with E-state index in [0.29, 0.717) is 6.42 Å². The molecule has 1 aliphatic carbocycles. The van der Waals surface area contributed by atoms with Crippen molar-refractivity contribution in [1.82, 2.24) is 5.32 Å². The molecule has 1 N–H and O–H groups in total. The van der Waals surface area contributed by atoms with E-state index in [1.165, 1.54) is 12.1 Å². The van der Waals surface area contributed by atoms with Crippen LogP contribution in [0.4, 0.5) is 13.2 Å². The molecule has 5 heteroatoms. The zero-order valence-corrected chi connectivity index (χ0v) is 10.8. The highest BCUT2D eigenvalue weighted by Gasteiger charge is 2.44. The van der Waals surface area contributed by atoms with Crippen molar-refractivity contribution in [1.29, 1.82) is 0 Å². The van der Waals surface area contributed by atoms with Gasteiger partial charge in [-0.05, 0) is 18.1 Å². The Hall–Kier alpha value is -1.52. The molecule has 0 unspecified atom stereocenters. The van der Waals surface area contributed by atoms with E-state index in [1.807, 2.05) is 0 Å². The first-order valence-electron chi connectivity index (χ1n) is 6.27. The highest BCUT2D eigenvalue weighted by molar-refractivity contribution is 5.78. The van der Waals surface area contributed by atoms with Crippen molar-refractivity contribution in [3.05, 3.63) is 35.4 Å².